The van der Waals surface area contributed by atoms with E-state index >= 15 is 0 Å². The molecule has 0 saturated heterocycles. The monoisotopic (exact) mass is 1080 g/mol. The third kappa shape index (κ3) is 63.4. The molecule has 3 N–H and O–H groups in total. The number of amides is 1. The van der Waals surface area contributed by atoms with Gasteiger partial charge in [-0.1, -0.05) is 346 Å². The highest BCUT2D eigenvalue weighted by atomic mass is 16.5. The number of carbonyl (C=O) groups is 2. The zero-order valence-corrected chi connectivity index (χ0v) is 52.2. The maximum Gasteiger partial charge on any atom is 0.305 e. The van der Waals surface area contributed by atoms with Crippen molar-refractivity contribution in [2.75, 3.05) is 13.2 Å². The number of unbranched alkanes of at least 4 members (excludes halogenated alkanes) is 53. The molecule has 6 nitrogen and oxygen atoms in total. The highest BCUT2D eigenvalue weighted by Crippen LogP contribution is 2.19. The van der Waals surface area contributed by atoms with E-state index in [1.165, 1.54) is 327 Å². The van der Waals surface area contributed by atoms with E-state index in [1.54, 1.807) is 6.08 Å². The zero-order valence-electron chi connectivity index (χ0n) is 52.2. The largest absolute Gasteiger partial charge is 0.466 e. The minimum atomic E-state index is -0.841. The van der Waals surface area contributed by atoms with E-state index in [0.29, 0.717) is 19.4 Å². The van der Waals surface area contributed by atoms with E-state index in [0.717, 1.165) is 38.5 Å². The zero-order chi connectivity index (χ0) is 55.7. The molecule has 0 aromatic carbocycles. The van der Waals surface area contributed by atoms with Gasteiger partial charge in [-0.25, -0.2) is 0 Å². The number of esters is 1. The molecule has 1 amide bonds. The van der Waals surface area contributed by atoms with E-state index in [-0.39, 0.29) is 18.5 Å². The SMILES string of the molecule is CCCCCCCCCCCCC/C=C/C(O)C(CO)NC(=O)CCCCCCCCCCCCCCCCCCC/C=C\CCCCCCCCCCCCCCCCOC(=O)CCCCCCCCCCCCCC. The molecule has 0 heterocycles. The molecule has 77 heavy (non-hydrogen) atoms. The fourth-order valence-electron chi connectivity index (χ4n) is 11.1. The van der Waals surface area contributed by atoms with Crippen molar-refractivity contribution in [2.24, 2.45) is 0 Å². The summed E-state index contributed by atoms with van der Waals surface area (Å²) in [5.41, 5.74) is 0. The molecule has 0 aliphatic rings. The summed E-state index contributed by atoms with van der Waals surface area (Å²) in [4.78, 5) is 24.5. The van der Waals surface area contributed by atoms with E-state index in [9.17, 15) is 19.8 Å². The minimum absolute atomic E-state index is 0.0211. The molecule has 2 atom stereocenters. The number of aliphatic hydroxyl groups is 2. The lowest BCUT2D eigenvalue weighted by Crippen LogP contribution is -2.45. The second-order valence-corrected chi connectivity index (χ2v) is 24.2. The molecular weight excluding hydrogens is 947 g/mol. The lowest BCUT2D eigenvalue weighted by molar-refractivity contribution is -0.143. The van der Waals surface area contributed by atoms with Gasteiger partial charge in [0.15, 0.2) is 0 Å². The number of carbonyl (C=O) groups excluding carboxylic acids is 2. The first-order valence-electron chi connectivity index (χ1n) is 35.1. The first-order valence-corrected chi connectivity index (χ1v) is 35.1. The molecule has 0 aromatic heterocycles. The number of rotatable bonds is 66. The Hall–Kier alpha value is -1.66. The Morgan fingerprint density at radius 2 is 0.610 bits per heavy atom. The summed E-state index contributed by atoms with van der Waals surface area (Å²) in [6.45, 7) is 4.93. The number of aliphatic hydroxyl groups excluding tert-OH is 2. The van der Waals surface area contributed by atoms with Crippen LogP contribution in [0.4, 0.5) is 0 Å². The Labute approximate surface area is 481 Å². The van der Waals surface area contributed by atoms with Crippen molar-refractivity contribution < 1.29 is 24.5 Å². The number of allylic oxidation sites excluding steroid dienone is 3. The highest BCUT2D eigenvalue weighted by Gasteiger charge is 2.18. The van der Waals surface area contributed by atoms with Crippen LogP contribution < -0.4 is 5.32 Å². The summed E-state index contributed by atoms with van der Waals surface area (Å²) in [6, 6.07) is -0.624. The van der Waals surface area contributed by atoms with Crippen LogP contribution in [0.3, 0.4) is 0 Å². The van der Waals surface area contributed by atoms with Crippen molar-refractivity contribution in [1.82, 2.24) is 5.32 Å². The summed E-state index contributed by atoms with van der Waals surface area (Å²) in [5, 5.41) is 23.1. The van der Waals surface area contributed by atoms with Gasteiger partial charge in [-0.2, -0.15) is 0 Å². The van der Waals surface area contributed by atoms with Crippen molar-refractivity contribution in [3.63, 3.8) is 0 Å². The number of hydrogen-bond donors (Lipinski definition) is 3. The third-order valence-electron chi connectivity index (χ3n) is 16.5. The third-order valence-corrected chi connectivity index (χ3v) is 16.5. The molecule has 0 saturated carbocycles. The van der Waals surface area contributed by atoms with Gasteiger partial charge >= 0.3 is 5.97 Å². The summed E-state index contributed by atoms with van der Waals surface area (Å²) in [7, 11) is 0. The fourth-order valence-corrected chi connectivity index (χ4v) is 11.1. The normalized spacial score (nSPS) is 12.6. The Kier molecular flexibility index (Phi) is 65.4. The topological polar surface area (TPSA) is 95.9 Å². The van der Waals surface area contributed by atoms with Gasteiger partial charge in [0, 0.05) is 12.8 Å². The Morgan fingerprint density at radius 1 is 0.351 bits per heavy atom. The van der Waals surface area contributed by atoms with Crippen molar-refractivity contribution >= 4 is 11.9 Å². The van der Waals surface area contributed by atoms with E-state index in [2.05, 4.69) is 31.3 Å². The molecule has 456 valence electrons. The molecular formula is C71H137NO5. The van der Waals surface area contributed by atoms with Crippen LogP contribution in [0.2, 0.25) is 0 Å². The molecule has 6 heteroatoms. The van der Waals surface area contributed by atoms with Gasteiger partial charge in [0.25, 0.3) is 0 Å². The molecule has 0 spiro atoms. The van der Waals surface area contributed by atoms with Crippen LogP contribution in [0.5, 0.6) is 0 Å². The molecule has 0 aliphatic heterocycles. The van der Waals surface area contributed by atoms with Gasteiger partial charge in [-0.15, -0.1) is 0 Å². The second-order valence-electron chi connectivity index (χ2n) is 24.2. The summed E-state index contributed by atoms with van der Waals surface area (Å²) in [6.07, 6.45) is 84.1. The Bertz CT molecular complexity index is 1200. The summed E-state index contributed by atoms with van der Waals surface area (Å²) in [5.74, 6) is -0.0417. The highest BCUT2D eigenvalue weighted by molar-refractivity contribution is 5.76. The van der Waals surface area contributed by atoms with Gasteiger partial charge in [-0.3, -0.25) is 9.59 Å². The Balaban J connectivity index is 3.34. The quantitative estimate of drug-likeness (QED) is 0.0320. The maximum atomic E-state index is 12.5. The van der Waals surface area contributed by atoms with Gasteiger partial charge in [0.2, 0.25) is 5.91 Å². The fraction of sp³-hybridized carbons (Fsp3) is 0.915. The van der Waals surface area contributed by atoms with Crippen molar-refractivity contribution in [2.45, 2.75) is 405 Å². The first-order chi connectivity index (χ1) is 38.0. The van der Waals surface area contributed by atoms with Gasteiger partial charge < -0.3 is 20.3 Å². The van der Waals surface area contributed by atoms with E-state index in [4.69, 9.17) is 4.74 Å². The van der Waals surface area contributed by atoms with Gasteiger partial charge in [-0.05, 0) is 57.8 Å². The number of ether oxygens (including phenoxy) is 1. The summed E-state index contributed by atoms with van der Waals surface area (Å²) < 4.78 is 5.48. The maximum absolute atomic E-state index is 12.5. The lowest BCUT2D eigenvalue weighted by Gasteiger charge is -2.20. The molecule has 2 unspecified atom stereocenters. The van der Waals surface area contributed by atoms with Crippen LogP contribution in [-0.2, 0) is 14.3 Å². The van der Waals surface area contributed by atoms with Gasteiger partial charge in [0.05, 0.1) is 25.4 Å². The Morgan fingerprint density at radius 3 is 0.922 bits per heavy atom. The van der Waals surface area contributed by atoms with E-state index in [1.807, 2.05) is 6.08 Å². The minimum Gasteiger partial charge on any atom is -0.466 e. The summed E-state index contributed by atoms with van der Waals surface area (Å²) >= 11 is 0. The van der Waals surface area contributed by atoms with Crippen molar-refractivity contribution in [3.05, 3.63) is 24.3 Å². The van der Waals surface area contributed by atoms with Crippen molar-refractivity contribution in [1.29, 1.82) is 0 Å². The van der Waals surface area contributed by atoms with Crippen LogP contribution >= 0.6 is 0 Å². The van der Waals surface area contributed by atoms with Crippen LogP contribution in [0.1, 0.15) is 393 Å². The predicted molar refractivity (Wildman–Crippen MR) is 338 cm³/mol. The molecule has 0 radical (unpaired) electrons. The second kappa shape index (κ2) is 66.8. The van der Waals surface area contributed by atoms with Crippen molar-refractivity contribution in [3.8, 4) is 0 Å². The smallest absolute Gasteiger partial charge is 0.305 e. The van der Waals surface area contributed by atoms with E-state index < -0.39 is 12.1 Å². The molecule has 0 aromatic rings. The molecule has 0 fully saturated rings. The number of nitrogens with one attached hydrogen (secondary N) is 1. The lowest BCUT2D eigenvalue weighted by atomic mass is 10.0. The average Bonchev–Trinajstić information content (AvgIpc) is 3.43. The number of hydrogen-bond acceptors (Lipinski definition) is 5. The van der Waals surface area contributed by atoms with Crippen LogP contribution in [0, 0.1) is 0 Å². The average molecular weight is 1080 g/mol. The van der Waals surface area contributed by atoms with Gasteiger partial charge in [0.1, 0.15) is 0 Å². The van der Waals surface area contributed by atoms with Crippen LogP contribution in [-0.4, -0.2) is 47.4 Å². The molecule has 0 aliphatic carbocycles. The van der Waals surface area contributed by atoms with Crippen LogP contribution in [0.15, 0.2) is 24.3 Å². The standard InChI is InChI=1S/C71H137NO5/c1-3-5-7-9-11-13-15-40-43-47-51-55-59-63-69(74)68(67-73)72-70(75)64-60-56-52-48-44-41-38-36-34-32-30-28-26-24-22-20-18-17-19-21-23-25-27-29-31-33-35-37-39-42-46-50-54-58-62-66-77-71(76)65-61-57-53-49-45-16-14-12-10-8-6-4-2/h19,21,59,63,68-69,73-74H,3-18,20,22-58,60-62,64-67H2,1-2H3,(H,72,75)/b21-19-,63-59+. The first kappa shape index (κ1) is 75.3. The predicted octanol–water partition coefficient (Wildman–Crippen LogP) is 22.5. The molecule has 0 rings (SSSR count). The van der Waals surface area contributed by atoms with Crippen LogP contribution in [0.25, 0.3) is 0 Å². The molecule has 0 bridgehead atoms.